The second kappa shape index (κ2) is 5.65. The third-order valence-electron chi connectivity index (χ3n) is 4.23. The van der Waals surface area contributed by atoms with E-state index in [0.29, 0.717) is 0 Å². The summed E-state index contributed by atoms with van der Waals surface area (Å²) in [6, 6.07) is 8.64. The van der Waals surface area contributed by atoms with Crippen molar-refractivity contribution in [1.82, 2.24) is 0 Å². The minimum atomic E-state index is 1.25. The van der Waals surface area contributed by atoms with E-state index in [4.69, 9.17) is 0 Å². The molecule has 0 bridgehead atoms. The molecule has 0 aliphatic rings. The summed E-state index contributed by atoms with van der Waals surface area (Å²) in [4.78, 5) is 0. The Bertz CT molecular complexity index is 847. The molecule has 0 spiro atoms. The third kappa shape index (κ3) is 2.35. The van der Waals surface area contributed by atoms with Gasteiger partial charge >= 0.3 is 0 Å². The molecule has 0 fully saturated rings. The van der Waals surface area contributed by atoms with Crippen LogP contribution >= 0.6 is 11.3 Å². The molecule has 0 aliphatic heterocycles. The highest BCUT2D eigenvalue weighted by Gasteiger charge is 2.25. The van der Waals surface area contributed by atoms with Crippen molar-refractivity contribution >= 4 is 11.3 Å². The third-order valence-corrected chi connectivity index (χ3v) is 5.21. The molecule has 1 aromatic carbocycles. The molecule has 3 aromatic rings. The number of hydrogen-bond donors (Lipinski definition) is 0. The van der Waals surface area contributed by atoms with Gasteiger partial charge < -0.3 is 0 Å². The van der Waals surface area contributed by atoms with Gasteiger partial charge in [-0.2, -0.15) is 9.13 Å². The summed E-state index contributed by atoms with van der Waals surface area (Å²) in [5.74, 6) is 0. The van der Waals surface area contributed by atoms with Gasteiger partial charge in [0.05, 0.1) is 10.9 Å². The van der Waals surface area contributed by atoms with Crippen molar-refractivity contribution in [2.75, 3.05) is 0 Å². The molecule has 0 aliphatic carbocycles. The molecule has 3 heteroatoms. The highest BCUT2D eigenvalue weighted by atomic mass is 32.1. The summed E-state index contributed by atoms with van der Waals surface area (Å²) in [5, 5.41) is 3.46. The zero-order valence-corrected chi connectivity index (χ0v) is 14.7. The standard InChI is InChI=1S/C19H22N2S/c1-13-12-14(2)18(21-9-7-6-8-15(21)3)16(4)17(13)19-20(5)10-11-22-19/h6-12H,1-5H3/q+2. The molecule has 0 atom stereocenters. The van der Waals surface area contributed by atoms with Gasteiger partial charge in [0.15, 0.2) is 18.1 Å². The van der Waals surface area contributed by atoms with Crippen molar-refractivity contribution in [3.8, 4) is 16.3 Å². The minimum absolute atomic E-state index is 1.25. The highest BCUT2D eigenvalue weighted by Crippen LogP contribution is 2.32. The molecule has 3 rings (SSSR count). The van der Waals surface area contributed by atoms with E-state index in [1.807, 2.05) is 0 Å². The van der Waals surface area contributed by atoms with Crippen LogP contribution in [0, 0.1) is 27.7 Å². The molecule has 22 heavy (non-hydrogen) atoms. The van der Waals surface area contributed by atoms with Crippen LogP contribution in [0.15, 0.2) is 42.0 Å². The Morgan fingerprint density at radius 2 is 1.73 bits per heavy atom. The van der Waals surface area contributed by atoms with E-state index >= 15 is 0 Å². The molecule has 112 valence electrons. The predicted molar refractivity (Wildman–Crippen MR) is 91.4 cm³/mol. The summed E-state index contributed by atoms with van der Waals surface area (Å²) >= 11 is 1.80. The van der Waals surface area contributed by atoms with Gasteiger partial charge in [-0.1, -0.05) is 17.4 Å². The SMILES string of the molecule is Cc1cc(C)c(-[n+]2ccccc2C)c(C)c1-c1scc[n+]1C. The molecule has 0 unspecified atom stereocenters. The average Bonchev–Trinajstić information content (AvgIpc) is 2.87. The number of nitrogens with zero attached hydrogens (tertiary/aromatic N) is 2. The maximum atomic E-state index is 2.30. The Labute approximate surface area is 136 Å². The molecular formula is C19H22N2S+2. The lowest BCUT2D eigenvalue weighted by Gasteiger charge is -2.12. The maximum Gasteiger partial charge on any atom is 0.269 e. The summed E-state index contributed by atoms with van der Waals surface area (Å²) in [7, 11) is 2.12. The molecule has 0 saturated heterocycles. The van der Waals surface area contributed by atoms with Crippen molar-refractivity contribution in [2.45, 2.75) is 27.7 Å². The number of aromatic nitrogens is 2. The van der Waals surface area contributed by atoms with Crippen molar-refractivity contribution in [3.63, 3.8) is 0 Å². The zero-order valence-electron chi connectivity index (χ0n) is 13.8. The smallest absolute Gasteiger partial charge is 0.191 e. The van der Waals surface area contributed by atoms with E-state index in [2.05, 4.69) is 85.9 Å². The molecule has 0 radical (unpaired) electrons. The van der Waals surface area contributed by atoms with E-state index in [9.17, 15) is 0 Å². The number of hydrogen-bond acceptors (Lipinski definition) is 1. The second-order valence-electron chi connectivity index (χ2n) is 5.89. The first kappa shape index (κ1) is 14.9. The van der Waals surface area contributed by atoms with Gasteiger partial charge in [0.1, 0.15) is 7.05 Å². The summed E-state index contributed by atoms with van der Waals surface area (Å²) < 4.78 is 4.50. The normalized spacial score (nSPS) is 11.0. The fourth-order valence-corrected chi connectivity index (χ4v) is 4.26. The quantitative estimate of drug-likeness (QED) is 0.637. The fraction of sp³-hybridized carbons (Fsp3) is 0.263. The van der Waals surface area contributed by atoms with E-state index in [1.54, 1.807) is 11.3 Å². The van der Waals surface area contributed by atoms with Crippen LogP contribution in [0.3, 0.4) is 0 Å². The van der Waals surface area contributed by atoms with Gasteiger partial charge in [-0.15, -0.1) is 0 Å². The van der Waals surface area contributed by atoms with Crippen molar-refractivity contribution in [3.05, 3.63) is 64.4 Å². The molecule has 2 nitrogen and oxygen atoms in total. The lowest BCUT2D eigenvalue weighted by atomic mass is 9.97. The topological polar surface area (TPSA) is 7.76 Å². The van der Waals surface area contributed by atoms with Gasteiger partial charge in [-0.3, -0.25) is 0 Å². The van der Waals surface area contributed by atoms with Gasteiger partial charge in [-0.25, -0.2) is 0 Å². The fourth-order valence-electron chi connectivity index (χ4n) is 3.23. The van der Waals surface area contributed by atoms with Crippen LogP contribution in [-0.4, -0.2) is 0 Å². The predicted octanol–water partition coefficient (Wildman–Crippen LogP) is 3.75. The lowest BCUT2D eigenvalue weighted by Crippen LogP contribution is -2.36. The number of pyridine rings is 1. The minimum Gasteiger partial charge on any atom is -0.191 e. The van der Waals surface area contributed by atoms with E-state index in [0.717, 1.165) is 0 Å². The van der Waals surface area contributed by atoms with Crippen LogP contribution in [0.2, 0.25) is 0 Å². The van der Waals surface area contributed by atoms with Crippen LogP contribution in [0.4, 0.5) is 0 Å². The molecule has 0 saturated carbocycles. The Balaban J connectivity index is 2.34. The molecule has 2 aromatic heterocycles. The van der Waals surface area contributed by atoms with Crippen LogP contribution in [0.5, 0.6) is 0 Å². The van der Waals surface area contributed by atoms with Crippen molar-refractivity contribution < 1.29 is 9.13 Å². The molecule has 2 heterocycles. The monoisotopic (exact) mass is 310 g/mol. The molecular weight excluding hydrogens is 288 g/mol. The van der Waals surface area contributed by atoms with E-state index in [1.165, 1.54) is 38.6 Å². The van der Waals surface area contributed by atoms with E-state index in [-0.39, 0.29) is 0 Å². The van der Waals surface area contributed by atoms with Crippen LogP contribution < -0.4 is 9.13 Å². The number of rotatable bonds is 2. The number of aryl methyl sites for hydroxylation is 4. The Morgan fingerprint density at radius 3 is 2.36 bits per heavy atom. The van der Waals surface area contributed by atoms with Gasteiger partial charge in [0, 0.05) is 30.2 Å². The van der Waals surface area contributed by atoms with Crippen LogP contribution in [0.25, 0.3) is 16.3 Å². The van der Waals surface area contributed by atoms with E-state index < -0.39 is 0 Å². The molecule has 0 amide bonds. The van der Waals surface area contributed by atoms with Crippen LogP contribution in [0.1, 0.15) is 22.4 Å². The second-order valence-corrected chi connectivity index (χ2v) is 6.78. The Kier molecular flexibility index (Phi) is 3.83. The molecule has 0 N–H and O–H groups in total. The Hall–Kier alpha value is -2.00. The first-order valence-corrected chi connectivity index (χ1v) is 8.40. The van der Waals surface area contributed by atoms with Crippen molar-refractivity contribution in [1.29, 1.82) is 0 Å². The van der Waals surface area contributed by atoms with Gasteiger partial charge in [0.25, 0.3) is 5.01 Å². The van der Waals surface area contributed by atoms with Gasteiger partial charge in [0.2, 0.25) is 5.69 Å². The summed E-state index contributed by atoms with van der Waals surface area (Å²) in [6.45, 7) is 8.81. The number of thiazole rings is 1. The summed E-state index contributed by atoms with van der Waals surface area (Å²) in [5.41, 5.74) is 7.90. The first-order valence-electron chi connectivity index (χ1n) is 7.52. The van der Waals surface area contributed by atoms with Crippen molar-refractivity contribution in [2.24, 2.45) is 7.05 Å². The largest absolute Gasteiger partial charge is 0.269 e. The average molecular weight is 310 g/mol. The Morgan fingerprint density at radius 1 is 0.955 bits per heavy atom. The summed E-state index contributed by atoms with van der Waals surface area (Å²) in [6.07, 6.45) is 4.28. The lowest BCUT2D eigenvalue weighted by molar-refractivity contribution is -0.656. The van der Waals surface area contributed by atoms with Crippen LogP contribution in [-0.2, 0) is 7.05 Å². The van der Waals surface area contributed by atoms with Gasteiger partial charge in [-0.05, 0) is 32.4 Å². The zero-order chi connectivity index (χ0) is 15.9. The first-order chi connectivity index (χ1) is 10.5. The highest BCUT2D eigenvalue weighted by molar-refractivity contribution is 7.12. The number of benzene rings is 1. The maximum absolute atomic E-state index is 2.30.